The van der Waals surface area contributed by atoms with Crippen molar-refractivity contribution in [3.63, 3.8) is 0 Å². The summed E-state index contributed by atoms with van der Waals surface area (Å²) < 4.78 is 10.8. The first kappa shape index (κ1) is 16.3. The van der Waals surface area contributed by atoms with E-state index in [0.717, 1.165) is 0 Å². The van der Waals surface area contributed by atoms with Gasteiger partial charge in [0.05, 0.1) is 11.3 Å². The van der Waals surface area contributed by atoms with E-state index in [9.17, 15) is 15.0 Å². The average molecular weight is 376 g/mol. The molecule has 2 aliphatic rings. The highest BCUT2D eigenvalue weighted by molar-refractivity contribution is 6.12. The number of ether oxygens (including phenoxy) is 2. The first-order valence-electron chi connectivity index (χ1n) is 8.72. The van der Waals surface area contributed by atoms with Crippen LogP contribution in [0.25, 0.3) is 0 Å². The van der Waals surface area contributed by atoms with E-state index in [1.165, 1.54) is 12.1 Å². The molecule has 0 unspecified atom stereocenters. The molecule has 0 aromatic heterocycles. The molecule has 7 heteroatoms. The van der Waals surface area contributed by atoms with Gasteiger partial charge in [0.1, 0.15) is 6.17 Å². The van der Waals surface area contributed by atoms with Gasteiger partial charge in [0.2, 0.25) is 6.79 Å². The first-order chi connectivity index (χ1) is 13.6. The summed E-state index contributed by atoms with van der Waals surface area (Å²) in [6.45, 7) is 0.142. The number of carbonyl (C=O) groups is 1. The minimum atomic E-state index is -0.589. The number of anilines is 2. The summed E-state index contributed by atoms with van der Waals surface area (Å²) in [6.07, 6.45) is -0.589. The van der Waals surface area contributed by atoms with Gasteiger partial charge in [0.15, 0.2) is 23.0 Å². The topological polar surface area (TPSA) is 91.3 Å². The summed E-state index contributed by atoms with van der Waals surface area (Å²) >= 11 is 0. The summed E-state index contributed by atoms with van der Waals surface area (Å²) in [5.41, 5.74) is 2.48. The summed E-state index contributed by atoms with van der Waals surface area (Å²) in [5, 5.41) is 23.0. The van der Waals surface area contributed by atoms with E-state index in [1.807, 2.05) is 18.2 Å². The molecule has 5 rings (SSSR count). The van der Waals surface area contributed by atoms with Crippen molar-refractivity contribution in [2.75, 3.05) is 17.0 Å². The maximum atomic E-state index is 13.4. The van der Waals surface area contributed by atoms with Crippen molar-refractivity contribution in [1.29, 1.82) is 0 Å². The van der Waals surface area contributed by atoms with Crippen molar-refractivity contribution in [3.8, 4) is 23.0 Å². The van der Waals surface area contributed by atoms with Crippen molar-refractivity contribution in [2.24, 2.45) is 0 Å². The molecule has 0 saturated carbocycles. The molecule has 0 bridgehead atoms. The fourth-order valence-electron chi connectivity index (χ4n) is 3.50. The van der Waals surface area contributed by atoms with Gasteiger partial charge in [-0.2, -0.15) is 0 Å². The van der Waals surface area contributed by atoms with Crippen molar-refractivity contribution in [1.82, 2.24) is 0 Å². The van der Waals surface area contributed by atoms with Gasteiger partial charge in [-0.25, -0.2) is 0 Å². The second kappa shape index (κ2) is 6.09. The zero-order valence-electron chi connectivity index (χ0n) is 14.6. The zero-order chi connectivity index (χ0) is 19.3. The Morgan fingerprint density at radius 2 is 1.75 bits per heavy atom. The smallest absolute Gasteiger partial charge is 0.262 e. The molecule has 3 aromatic carbocycles. The minimum absolute atomic E-state index is 0.142. The lowest BCUT2D eigenvalue weighted by Gasteiger charge is -2.38. The number of phenols is 2. The molecule has 0 spiro atoms. The quantitative estimate of drug-likeness (QED) is 0.592. The molecule has 0 saturated heterocycles. The number of amides is 1. The molecule has 0 aliphatic carbocycles. The lowest BCUT2D eigenvalue weighted by Crippen LogP contribution is -2.43. The maximum Gasteiger partial charge on any atom is 0.262 e. The number of nitrogens with one attached hydrogen (secondary N) is 1. The van der Waals surface area contributed by atoms with E-state index >= 15 is 0 Å². The van der Waals surface area contributed by atoms with Crippen LogP contribution in [0.5, 0.6) is 23.0 Å². The number of para-hydroxylation sites is 1. The van der Waals surface area contributed by atoms with Gasteiger partial charge in [0.25, 0.3) is 5.91 Å². The number of benzene rings is 3. The van der Waals surface area contributed by atoms with E-state index in [4.69, 9.17) is 9.47 Å². The largest absolute Gasteiger partial charge is 0.504 e. The normalized spacial score (nSPS) is 17.2. The predicted octanol–water partition coefficient (Wildman–Crippen LogP) is 3.60. The highest BCUT2D eigenvalue weighted by Gasteiger charge is 2.35. The Labute approximate surface area is 160 Å². The van der Waals surface area contributed by atoms with Crippen LogP contribution in [0.15, 0.2) is 60.7 Å². The highest BCUT2D eigenvalue weighted by atomic mass is 16.7. The third kappa shape index (κ3) is 2.48. The summed E-state index contributed by atoms with van der Waals surface area (Å²) in [6, 6.07) is 17.0. The fourth-order valence-corrected chi connectivity index (χ4v) is 3.50. The molecule has 140 valence electrons. The number of aromatic hydroxyl groups is 2. The molecule has 2 aliphatic heterocycles. The lowest BCUT2D eigenvalue weighted by atomic mass is 10.0. The number of hydrogen-bond donors (Lipinski definition) is 3. The van der Waals surface area contributed by atoms with Crippen LogP contribution in [0.4, 0.5) is 11.4 Å². The van der Waals surface area contributed by atoms with E-state index < -0.39 is 6.17 Å². The Morgan fingerprint density at radius 1 is 0.929 bits per heavy atom. The number of fused-ring (bicyclic) bond motifs is 2. The molecule has 2 heterocycles. The number of rotatable bonds is 2. The van der Waals surface area contributed by atoms with Crippen LogP contribution in [-0.4, -0.2) is 22.9 Å². The average Bonchev–Trinajstić information content (AvgIpc) is 3.18. The van der Waals surface area contributed by atoms with Gasteiger partial charge in [0, 0.05) is 11.8 Å². The Kier molecular flexibility index (Phi) is 3.55. The Morgan fingerprint density at radius 3 is 2.61 bits per heavy atom. The second-order valence-corrected chi connectivity index (χ2v) is 6.55. The molecule has 28 heavy (non-hydrogen) atoms. The van der Waals surface area contributed by atoms with Crippen LogP contribution in [-0.2, 0) is 0 Å². The number of phenolic OH excluding ortho intramolecular Hbond substituents is 2. The van der Waals surface area contributed by atoms with Crippen molar-refractivity contribution in [3.05, 3.63) is 71.8 Å². The van der Waals surface area contributed by atoms with Crippen LogP contribution in [0.1, 0.15) is 22.1 Å². The van der Waals surface area contributed by atoms with E-state index in [-0.39, 0.29) is 24.2 Å². The van der Waals surface area contributed by atoms with E-state index in [0.29, 0.717) is 34.0 Å². The molecular weight excluding hydrogens is 360 g/mol. The van der Waals surface area contributed by atoms with Gasteiger partial charge < -0.3 is 25.0 Å². The first-order valence-corrected chi connectivity index (χ1v) is 8.72. The van der Waals surface area contributed by atoms with Crippen LogP contribution >= 0.6 is 0 Å². The van der Waals surface area contributed by atoms with Crippen molar-refractivity contribution >= 4 is 17.3 Å². The van der Waals surface area contributed by atoms with Crippen LogP contribution in [0.2, 0.25) is 0 Å². The Balaban J connectivity index is 1.66. The minimum Gasteiger partial charge on any atom is -0.504 e. The third-order valence-electron chi connectivity index (χ3n) is 4.88. The second-order valence-electron chi connectivity index (χ2n) is 6.55. The van der Waals surface area contributed by atoms with Gasteiger partial charge in [-0.1, -0.05) is 18.2 Å². The number of carbonyl (C=O) groups excluding carboxylic acids is 1. The molecule has 1 atom stereocenters. The predicted molar refractivity (Wildman–Crippen MR) is 102 cm³/mol. The van der Waals surface area contributed by atoms with Gasteiger partial charge in [-0.05, 0) is 42.0 Å². The zero-order valence-corrected chi connectivity index (χ0v) is 14.6. The molecular formula is C21H16N2O5. The molecule has 3 N–H and O–H groups in total. The Hall–Kier alpha value is -3.87. The SMILES string of the molecule is O=C1c2ccccc2N[C@@H](c2ccc(O)c(O)c2)N1c1ccc2c(c1)OCO2. The summed E-state index contributed by atoms with van der Waals surface area (Å²) in [4.78, 5) is 14.9. The van der Waals surface area contributed by atoms with Crippen LogP contribution in [0.3, 0.4) is 0 Å². The molecule has 1 amide bonds. The van der Waals surface area contributed by atoms with E-state index in [1.54, 1.807) is 35.2 Å². The third-order valence-corrected chi connectivity index (χ3v) is 4.88. The Bertz CT molecular complexity index is 1100. The molecule has 7 nitrogen and oxygen atoms in total. The number of nitrogens with zero attached hydrogens (tertiary/aromatic N) is 1. The molecule has 3 aromatic rings. The lowest BCUT2D eigenvalue weighted by molar-refractivity contribution is 0.0975. The van der Waals surface area contributed by atoms with Crippen LogP contribution < -0.4 is 19.7 Å². The van der Waals surface area contributed by atoms with Crippen molar-refractivity contribution in [2.45, 2.75) is 6.17 Å². The van der Waals surface area contributed by atoms with Gasteiger partial charge >= 0.3 is 0 Å². The van der Waals surface area contributed by atoms with E-state index in [2.05, 4.69) is 5.32 Å². The number of hydrogen-bond acceptors (Lipinski definition) is 6. The summed E-state index contributed by atoms with van der Waals surface area (Å²) in [7, 11) is 0. The fraction of sp³-hybridized carbons (Fsp3) is 0.0952. The highest BCUT2D eigenvalue weighted by Crippen LogP contribution is 2.42. The van der Waals surface area contributed by atoms with Crippen molar-refractivity contribution < 1.29 is 24.5 Å². The summed E-state index contributed by atoms with van der Waals surface area (Å²) in [5.74, 6) is 0.528. The van der Waals surface area contributed by atoms with Gasteiger partial charge in [-0.15, -0.1) is 0 Å². The maximum absolute atomic E-state index is 13.4. The van der Waals surface area contributed by atoms with Crippen LogP contribution in [0, 0.1) is 0 Å². The van der Waals surface area contributed by atoms with Gasteiger partial charge in [-0.3, -0.25) is 9.69 Å². The molecule has 0 radical (unpaired) electrons. The molecule has 0 fully saturated rings. The standard InChI is InChI=1S/C21H16N2O5/c24-16-7-5-12(9-17(16)25)20-22-15-4-2-1-3-14(15)21(26)23(20)13-6-8-18-19(10-13)28-11-27-18/h1-10,20,22,24-25H,11H2/t20-/m1/s1. The monoisotopic (exact) mass is 376 g/mol.